The highest BCUT2D eigenvalue weighted by Gasteiger charge is 2.32. The van der Waals surface area contributed by atoms with E-state index in [0.29, 0.717) is 0 Å². The largest absolute Gasteiger partial charge is 0.465 e. The second-order valence-electron chi connectivity index (χ2n) is 6.79. The fraction of sp³-hybridized carbons (Fsp3) is 0.0833. The summed E-state index contributed by atoms with van der Waals surface area (Å²) in [5, 5.41) is 4.62. The zero-order chi connectivity index (χ0) is 22.9. The molecule has 0 radical (unpaired) electrons. The number of ether oxygens (including phenoxy) is 2. The second kappa shape index (κ2) is 9.52. The maximum absolute atomic E-state index is 12.1. The zero-order valence-electron chi connectivity index (χ0n) is 17.4. The molecule has 0 amide bonds. The minimum absolute atomic E-state index is 0.266. The molecule has 3 aromatic heterocycles. The molecule has 1 aromatic carbocycles. The molecule has 9 heteroatoms. The van der Waals surface area contributed by atoms with Crippen LogP contribution in [-0.4, -0.2) is 26.2 Å². The van der Waals surface area contributed by atoms with Gasteiger partial charge in [-0.25, -0.2) is 9.59 Å². The van der Waals surface area contributed by atoms with Gasteiger partial charge in [0.25, 0.3) is 0 Å². The van der Waals surface area contributed by atoms with Gasteiger partial charge >= 0.3 is 11.9 Å². The van der Waals surface area contributed by atoms with Gasteiger partial charge in [-0.1, -0.05) is 53.9 Å². The van der Waals surface area contributed by atoms with Gasteiger partial charge in [-0.3, -0.25) is 0 Å². The van der Waals surface area contributed by atoms with Gasteiger partial charge in [0.1, 0.15) is 9.81 Å². The number of hydrogen-bond acceptors (Lipinski definition) is 9. The van der Waals surface area contributed by atoms with Crippen molar-refractivity contribution in [1.29, 1.82) is 0 Å². The van der Waals surface area contributed by atoms with E-state index in [1.54, 1.807) is 22.7 Å². The van der Waals surface area contributed by atoms with E-state index in [4.69, 9.17) is 9.47 Å². The van der Waals surface area contributed by atoms with Crippen LogP contribution in [0.2, 0.25) is 0 Å². The van der Waals surface area contributed by atoms with E-state index in [1.165, 1.54) is 68.0 Å². The first kappa shape index (κ1) is 22.5. The van der Waals surface area contributed by atoms with Gasteiger partial charge in [-0.05, 0) is 29.7 Å². The van der Waals surface area contributed by atoms with Crippen LogP contribution in [0.3, 0.4) is 0 Å². The Labute approximate surface area is 210 Å². The van der Waals surface area contributed by atoms with Crippen molar-refractivity contribution in [3.05, 3.63) is 72.8 Å². The summed E-state index contributed by atoms with van der Waals surface area (Å²) in [7, 11) is 2.61. The third kappa shape index (κ3) is 4.31. The fourth-order valence-electron chi connectivity index (χ4n) is 3.36. The van der Waals surface area contributed by atoms with Crippen LogP contribution >= 0.6 is 57.5 Å². The first-order valence-corrected chi connectivity index (χ1v) is 13.9. The molecular weight excluding hydrogens is 513 g/mol. The van der Waals surface area contributed by atoms with Crippen LogP contribution in [0.5, 0.6) is 0 Å². The molecule has 33 heavy (non-hydrogen) atoms. The molecule has 1 aliphatic heterocycles. The van der Waals surface area contributed by atoms with Crippen molar-refractivity contribution >= 4 is 86.3 Å². The van der Waals surface area contributed by atoms with Crippen LogP contribution in [0.15, 0.2) is 68.0 Å². The highest BCUT2D eigenvalue weighted by molar-refractivity contribution is 8.29. The normalized spacial score (nSPS) is 13.6. The lowest BCUT2D eigenvalue weighted by Gasteiger charge is -2.00. The van der Waals surface area contributed by atoms with E-state index < -0.39 is 11.9 Å². The maximum atomic E-state index is 12.1. The second-order valence-corrected chi connectivity index (χ2v) is 12.2. The molecule has 166 valence electrons. The van der Waals surface area contributed by atoms with Crippen LogP contribution in [-0.2, 0) is 19.1 Å². The molecule has 0 aliphatic carbocycles. The third-order valence-corrected chi connectivity index (χ3v) is 10.7. The number of fused-ring (bicyclic) bond motifs is 1. The number of rotatable bonds is 5. The first-order chi connectivity index (χ1) is 16.1. The molecule has 0 spiro atoms. The van der Waals surface area contributed by atoms with Crippen molar-refractivity contribution in [2.45, 2.75) is 0 Å². The Hall–Kier alpha value is -2.30. The van der Waals surface area contributed by atoms with E-state index in [0.717, 1.165) is 9.11 Å². The number of hydrogen-bond donors (Lipinski definition) is 0. The summed E-state index contributed by atoms with van der Waals surface area (Å²) in [6.45, 7) is 0. The summed E-state index contributed by atoms with van der Waals surface area (Å²) < 4.78 is 10.5. The highest BCUT2D eigenvalue weighted by Crippen LogP contribution is 2.52. The van der Waals surface area contributed by atoms with Gasteiger partial charge in [0.2, 0.25) is 0 Å². The Morgan fingerprint density at radius 3 is 1.97 bits per heavy atom. The minimum atomic E-state index is -0.533. The number of thiophene rings is 3. The van der Waals surface area contributed by atoms with Crippen molar-refractivity contribution in [3.8, 4) is 19.5 Å². The lowest BCUT2D eigenvalue weighted by Crippen LogP contribution is -2.08. The lowest BCUT2D eigenvalue weighted by molar-refractivity contribution is -0.138. The Balaban J connectivity index is 1.48. The molecule has 0 saturated carbocycles. The van der Waals surface area contributed by atoms with Gasteiger partial charge in [-0.2, -0.15) is 0 Å². The summed E-state index contributed by atoms with van der Waals surface area (Å²) in [6.07, 6.45) is 2.00. The van der Waals surface area contributed by atoms with Crippen LogP contribution < -0.4 is 0 Å². The Kier molecular flexibility index (Phi) is 6.49. The smallest absolute Gasteiger partial charge is 0.346 e. The molecule has 4 nitrogen and oxygen atoms in total. The van der Waals surface area contributed by atoms with Crippen molar-refractivity contribution in [3.63, 3.8) is 0 Å². The Morgan fingerprint density at radius 2 is 1.39 bits per heavy atom. The highest BCUT2D eigenvalue weighted by atomic mass is 32.2. The predicted octanol–water partition coefficient (Wildman–Crippen LogP) is 7.69. The quantitative estimate of drug-likeness (QED) is 0.248. The van der Waals surface area contributed by atoms with Gasteiger partial charge in [0.05, 0.1) is 28.2 Å². The van der Waals surface area contributed by atoms with Crippen molar-refractivity contribution < 1.29 is 19.1 Å². The van der Waals surface area contributed by atoms with Crippen LogP contribution in [0.25, 0.3) is 36.4 Å². The van der Waals surface area contributed by atoms with Gasteiger partial charge < -0.3 is 9.47 Å². The number of benzene rings is 1. The zero-order valence-corrected chi connectivity index (χ0v) is 21.5. The summed E-state index contributed by atoms with van der Waals surface area (Å²) in [5.41, 5.74) is 0. The van der Waals surface area contributed by atoms with Crippen LogP contribution in [0.1, 0.15) is 4.88 Å². The van der Waals surface area contributed by atoms with Gasteiger partial charge in [0, 0.05) is 25.4 Å². The summed E-state index contributed by atoms with van der Waals surface area (Å²) in [5.74, 6) is -1.07. The number of esters is 2. The van der Waals surface area contributed by atoms with Gasteiger partial charge in [-0.15, -0.1) is 34.0 Å². The molecule has 5 rings (SSSR count). The van der Waals surface area contributed by atoms with E-state index in [-0.39, 0.29) is 9.81 Å². The number of methoxy groups -OCH3 is 2. The lowest BCUT2D eigenvalue weighted by atomic mass is 10.1. The Bertz CT molecular complexity index is 1390. The van der Waals surface area contributed by atoms with Crippen LogP contribution in [0.4, 0.5) is 0 Å². The van der Waals surface area contributed by atoms with Crippen LogP contribution in [0, 0.1) is 0 Å². The monoisotopic (exact) mass is 528 g/mol. The van der Waals surface area contributed by atoms with E-state index in [2.05, 4.69) is 53.9 Å². The van der Waals surface area contributed by atoms with E-state index in [1.807, 2.05) is 17.4 Å². The molecule has 0 bridgehead atoms. The molecule has 0 atom stereocenters. The van der Waals surface area contributed by atoms with Gasteiger partial charge in [0.15, 0.2) is 0 Å². The maximum Gasteiger partial charge on any atom is 0.346 e. The topological polar surface area (TPSA) is 52.6 Å². The molecule has 0 unspecified atom stereocenters. The molecule has 0 N–H and O–H groups in total. The fourth-order valence-corrected chi connectivity index (χ4v) is 9.11. The summed E-state index contributed by atoms with van der Waals surface area (Å²) in [6, 6.07) is 17.0. The standard InChI is InChI=1S/C24H16O4S5/c1-27-23(25)21-22(24(26)28-2)32-18(31-21)12-13-9-10-17(30-13)20-15-7-4-3-6-14(15)19(33-20)16-8-5-11-29-16/h3-12H,1-2H3. The molecule has 0 saturated heterocycles. The SMILES string of the molecule is COC(=O)C1=C(C(=O)OC)SC(=Cc2ccc(-c3sc(-c4cccs4)c4ccccc34)s2)S1. The van der Waals surface area contributed by atoms with Crippen molar-refractivity contribution in [1.82, 2.24) is 0 Å². The van der Waals surface area contributed by atoms with E-state index >= 15 is 0 Å². The first-order valence-electron chi connectivity index (χ1n) is 9.73. The Morgan fingerprint density at radius 1 is 0.758 bits per heavy atom. The molecule has 4 heterocycles. The van der Waals surface area contributed by atoms with Crippen molar-refractivity contribution in [2.75, 3.05) is 14.2 Å². The molecule has 1 aliphatic rings. The average molecular weight is 529 g/mol. The number of thioether (sulfide) groups is 2. The minimum Gasteiger partial charge on any atom is -0.465 e. The van der Waals surface area contributed by atoms with Crippen molar-refractivity contribution in [2.24, 2.45) is 0 Å². The third-order valence-electron chi connectivity index (χ3n) is 4.83. The molecule has 4 aromatic rings. The average Bonchev–Trinajstić information content (AvgIpc) is 3.63. The number of carbonyl (C=O) groups is 2. The van der Waals surface area contributed by atoms with E-state index in [9.17, 15) is 9.59 Å². The molecule has 0 fully saturated rings. The predicted molar refractivity (Wildman–Crippen MR) is 143 cm³/mol. The summed E-state index contributed by atoms with van der Waals surface area (Å²) >= 11 is 7.73. The molecular formula is C24H16O4S5. The summed E-state index contributed by atoms with van der Waals surface area (Å²) in [4.78, 5) is 30.8. The number of carbonyl (C=O) groups excluding carboxylic acids is 2.